The van der Waals surface area contributed by atoms with E-state index in [1.807, 2.05) is 0 Å². The highest BCUT2D eigenvalue weighted by atomic mass is 16.5. The van der Waals surface area contributed by atoms with E-state index < -0.39 is 17.9 Å². The van der Waals surface area contributed by atoms with E-state index >= 15 is 0 Å². The van der Waals surface area contributed by atoms with Crippen molar-refractivity contribution in [3.63, 3.8) is 0 Å². The molecule has 6 nitrogen and oxygen atoms in total. The van der Waals surface area contributed by atoms with E-state index in [2.05, 4.69) is 11.3 Å². The lowest BCUT2D eigenvalue weighted by Gasteiger charge is -2.04. The molecule has 0 atom stereocenters. The highest BCUT2D eigenvalue weighted by Crippen LogP contribution is 2.04. The molecule has 0 bridgehead atoms. The van der Waals surface area contributed by atoms with E-state index in [0.29, 0.717) is 0 Å². The Morgan fingerprint density at radius 2 is 1.53 bits per heavy atom. The summed E-state index contributed by atoms with van der Waals surface area (Å²) in [5.74, 6) is -2.86. The second-order valence-corrected chi connectivity index (χ2v) is 2.78. The molecule has 0 aromatic carbocycles. The van der Waals surface area contributed by atoms with Gasteiger partial charge < -0.3 is 14.9 Å². The molecule has 0 aromatic heterocycles. The molecule has 0 unspecified atom stereocenters. The summed E-state index contributed by atoms with van der Waals surface area (Å²) in [6, 6.07) is 0. The van der Waals surface area contributed by atoms with Crippen LogP contribution in [0.2, 0.25) is 0 Å². The third-order valence-electron chi connectivity index (χ3n) is 1.48. The van der Waals surface area contributed by atoms with E-state index in [-0.39, 0.29) is 31.4 Å². The molecule has 2 N–H and O–H groups in total. The van der Waals surface area contributed by atoms with Gasteiger partial charge in [0.25, 0.3) is 0 Å². The van der Waals surface area contributed by atoms with Gasteiger partial charge in [-0.2, -0.15) is 0 Å². The smallest absolute Gasteiger partial charge is 0.333 e. The lowest BCUT2D eigenvalue weighted by Crippen LogP contribution is -2.11. The molecule has 0 aliphatic heterocycles. The fraction of sp³-hybridized carbons (Fsp3) is 0.444. The first kappa shape index (κ1) is 13.2. The zero-order valence-electron chi connectivity index (χ0n) is 8.06. The van der Waals surface area contributed by atoms with Crippen molar-refractivity contribution < 1.29 is 29.3 Å². The average molecular weight is 216 g/mol. The lowest BCUT2D eigenvalue weighted by atomic mass is 10.2. The SMILES string of the molecule is C=C(CCC(=O)O)C(=O)OCCC(=O)O. The molecule has 0 rings (SSSR count). The maximum Gasteiger partial charge on any atom is 0.333 e. The van der Waals surface area contributed by atoms with Crippen molar-refractivity contribution in [1.82, 2.24) is 0 Å². The predicted octanol–water partition coefficient (Wildman–Crippen LogP) is 0.425. The van der Waals surface area contributed by atoms with Crippen molar-refractivity contribution in [2.75, 3.05) is 6.61 Å². The first-order valence-corrected chi connectivity index (χ1v) is 4.22. The number of carbonyl (C=O) groups excluding carboxylic acids is 1. The molecular weight excluding hydrogens is 204 g/mol. The Bertz CT molecular complexity index is 280. The number of carboxylic acid groups (broad SMARTS) is 2. The molecule has 0 aliphatic carbocycles. The fourth-order valence-corrected chi connectivity index (χ4v) is 0.693. The van der Waals surface area contributed by atoms with Crippen LogP contribution in [0.15, 0.2) is 12.2 Å². The molecule has 6 heteroatoms. The summed E-state index contributed by atoms with van der Waals surface area (Å²) in [5.41, 5.74) is 0.0304. The Hall–Kier alpha value is -1.85. The largest absolute Gasteiger partial charge is 0.481 e. The average Bonchev–Trinajstić information content (AvgIpc) is 2.13. The topological polar surface area (TPSA) is 101 Å². The van der Waals surface area contributed by atoms with E-state index in [4.69, 9.17) is 10.2 Å². The van der Waals surface area contributed by atoms with Gasteiger partial charge in [-0.1, -0.05) is 6.58 Å². The molecule has 15 heavy (non-hydrogen) atoms. The van der Waals surface area contributed by atoms with Crippen molar-refractivity contribution in [3.8, 4) is 0 Å². The van der Waals surface area contributed by atoms with Gasteiger partial charge in [0.15, 0.2) is 0 Å². The summed E-state index contributed by atoms with van der Waals surface area (Å²) in [7, 11) is 0. The first-order valence-electron chi connectivity index (χ1n) is 4.22. The van der Waals surface area contributed by atoms with E-state index in [0.717, 1.165) is 0 Å². The van der Waals surface area contributed by atoms with Crippen LogP contribution >= 0.6 is 0 Å². The highest BCUT2D eigenvalue weighted by molar-refractivity contribution is 5.88. The van der Waals surface area contributed by atoms with Crippen molar-refractivity contribution in [1.29, 1.82) is 0 Å². The van der Waals surface area contributed by atoms with Gasteiger partial charge in [0.05, 0.1) is 6.42 Å². The summed E-state index contributed by atoms with van der Waals surface area (Å²) >= 11 is 0. The molecule has 0 aliphatic rings. The molecular formula is C9H12O6. The van der Waals surface area contributed by atoms with Crippen molar-refractivity contribution in [2.24, 2.45) is 0 Å². The molecule has 0 radical (unpaired) electrons. The maximum atomic E-state index is 11.0. The van der Waals surface area contributed by atoms with Gasteiger partial charge in [0, 0.05) is 12.0 Å². The van der Waals surface area contributed by atoms with Crippen LogP contribution in [0.4, 0.5) is 0 Å². The first-order chi connectivity index (χ1) is 6.93. The van der Waals surface area contributed by atoms with Crippen LogP contribution in [0.25, 0.3) is 0 Å². The van der Waals surface area contributed by atoms with Crippen LogP contribution < -0.4 is 0 Å². The van der Waals surface area contributed by atoms with E-state index in [9.17, 15) is 14.4 Å². The number of ether oxygens (including phenoxy) is 1. The number of hydrogen-bond acceptors (Lipinski definition) is 4. The monoisotopic (exact) mass is 216 g/mol. The third-order valence-corrected chi connectivity index (χ3v) is 1.48. The quantitative estimate of drug-likeness (QED) is 0.472. The zero-order valence-corrected chi connectivity index (χ0v) is 8.06. The third kappa shape index (κ3) is 7.24. The number of carboxylic acids is 2. The standard InChI is InChI=1S/C9H12O6/c1-6(2-3-7(10)11)9(14)15-5-4-8(12)13/h1-5H2,(H,10,11)(H,12,13). The van der Waals surface area contributed by atoms with Crippen molar-refractivity contribution in [3.05, 3.63) is 12.2 Å². The normalized spacial score (nSPS) is 9.33. The maximum absolute atomic E-state index is 11.0. The Balaban J connectivity index is 3.74. The molecule has 84 valence electrons. The molecule has 0 saturated carbocycles. The van der Waals surface area contributed by atoms with Gasteiger partial charge >= 0.3 is 17.9 Å². The summed E-state index contributed by atoms with van der Waals surface area (Å²) in [5, 5.41) is 16.6. The Labute approximate surface area is 86.2 Å². The number of hydrogen-bond donors (Lipinski definition) is 2. The summed E-state index contributed by atoms with van der Waals surface area (Å²) in [4.78, 5) is 31.3. The van der Waals surface area contributed by atoms with E-state index in [1.165, 1.54) is 0 Å². The van der Waals surface area contributed by atoms with Crippen molar-refractivity contribution >= 4 is 17.9 Å². The fourth-order valence-electron chi connectivity index (χ4n) is 0.693. The minimum absolute atomic E-state index is 0.00123. The van der Waals surface area contributed by atoms with Gasteiger partial charge in [-0.05, 0) is 6.42 Å². The van der Waals surface area contributed by atoms with Crippen LogP contribution in [0.5, 0.6) is 0 Å². The molecule has 0 heterocycles. The van der Waals surface area contributed by atoms with Gasteiger partial charge in [-0.3, -0.25) is 9.59 Å². The summed E-state index contributed by atoms with van der Waals surface area (Å²) < 4.78 is 4.53. The molecule has 0 fully saturated rings. The summed E-state index contributed by atoms with van der Waals surface area (Å²) in [6.07, 6.45) is -0.480. The van der Waals surface area contributed by atoms with Crippen LogP contribution in [0.1, 0.15) is 19.3 Å². The summed E-state index contributed by atoms with van der Waals surface area (Å²) in [6.45, 7) is 3.10. The van der Waals surface area contributed by atoms with Crippen LogP contribution in [0.3, 0.4) is 0 Å². The number of carbonyl (C=O) groups is 3. The second-order valence-electron chi connectivity index (χ2n) is 2.78. The van der Waals surface area contributed by atoms with Crippen LogP contribution in [0, 0.1) is 0 Å². The second kappa shape index (κ2) is 6.58. The Morgan fingerprint density at radius 3 is 2.00 bits per heavy atom. The number of esters is 1. The Kier molecular flexibility index (Phi) is 5.77. The minimum atomic E-state index is -1.07. The number of rotatable bonds is 7. The van der Waals surface area contributed by atoms with Gasteiger partial charge in [0.2, 0.25) is 0 Å². The number of aliphatic carboxylic acids is 2. The van der Waals surface area contributed by atoms with Gasteiger partial charge in [-0.15, -0.1) is 0 Å². The lowest BCUT2D eigenvalue weighted by molar-refractivity contribution is -0.143. The van der Waals surface area contributed by atoms with Crippen molar-refractivity contribution in [2.45, 2.75) is 19.3 Å². The van der Waals surface area contributed by atoms with Crippen LogP contribution in [-0.2, 0) is 19.1 Å². The molecule has 0 spiro atoms. The minimum Gasteiger partial charge on any atom is -0.481 e. The highest BCUT2D eigenvalue weighted by Gasteiger charge is 2.10. The van der Waals surface area contributed by atoms with Gasteiger partial charge in [0.1, 0.15) is 6.61 Å². The Morgan fingerprint density at radius 1 is 1.00 bits per heavy atom. The molecule has 0 amide bonds. The predicted molar refractivity (Wildman–Crippen MR) is 49.2 cm³/mol. The molecule has 0 aromatic rings. The zero-order chi connectivity index (χ0) is 11.8. The molecule has 0 saturated heterocycles. The van der Waals surface area contributed by atoms with Gasteiger partial charge in [-0.25, -0.2) is 4.79 Å². The van der Waals surface area contributed by atoms with Crippen LogP contribution in [-0.4, -0.2) is 34.7 Å². The van der Waals surface area contributed by atoms with E-state index in [1.54, 1.807) is 0 Å².